The maximum Gasteiger partial charge on any atom is 0.469 e. The van der Waals surface area contributed by atoms with Crippen molar-refractivity contribution in [1.29, 1.82) is 0 Å². The lowest BCUT2D eigenvalue weighted by Crippen LogP contribution is -2.46. The molecule has 15 heteroatoms. The SMILES string of the molecule is NC(CO)C(=O)O.O=C([O-])c1ccc[n+]([C@@H]2O[C@H](COP(=O)(O)O)[C@@H](O)[C@H]2O)c1. The van der Waals surface area contributed by atoms with Gasteiger partial charge in [0.15, 0.2) is 18.5 Å². The number of phosphoric ester groups is 1. The zero-order chi connectivity index (χ0) is 22.4. The normalized spacial score (nSPS) is 25.0. The van der Waals surface area contributed by atoms with Gasteiger partial charge in [-0.15, -0.1) is 0 Å². The predicted octanol–water partition coefficient (Wildman–Crippen LogP) is -4.54. The molecule has 2 heterocycles. The zero-order valence-corrected chi connectivity index (χ0v) is 15.6. The van der Waals surface area contributed by atoms with E-state index in [1.807, 2.05) is 0 Å². The van der Waals surface area contributed by atoms with Gasteiger partial charge in [-0.2, -0.15) is 4.57 Å². The van der Waals surface area contributed by atoms with Crippen LogP contribution in [0.25, 0.3) is 0 Å². The molecule has 14 nitrogen and oxygen atoms in total. The van der Waals surface area contributed by atoms with Gasteiger partial charge in [-0.1, -0.05) is 0 Å². The fraction of sp³-hybridized carbons (Fsp3) is 0.500. The number of carboxylic acids is 2. The van der Waals surface area contributed by atoms with Gasteiger partial charge < -0.3 is 50.6 Å². The molecule has 0 aromatic carbocycles. The van der Waals surface area contributed by atoms with Gasteiger partial charge in [-0.25, -0.2) is 4.57 Å². The number of carbonyl (C=O) groups excluding carboxylic acids is 1. The van der Waals surface area contributed by atoms with E-state index in [-0.39, 0.29) is 5.56 Å². The van der Waals surface area contributed by atoms with E-state index < -0.39 is 63.6 Å². The summed E-state index contributed by atoms with van der Waals surface area (Å²) in [5.74, 6) is -2.61. The number of aliphatic hydroxyl groups is 3. The molecule has 1 saturated heterocycles. The summed E-state index contributed by atoms with van der Waals surface area (Å²) in [4.78, 5) is 37.7. The number of aromatic carboxylic acids is 1. The van der Waals surface area contributed by atoms with Crippen LogP contribution in [0.3, 0.4) is 0 Å². The van der Waals surface area contributed by atoms with E-state index in [0.29, 0.717) is 0 Å². The number of carbonyl (C=O) groups is 2. The molecule has 29 heavy (non-hydrogen) atoms. The molecule has 1 aliphatic heterocycles. The molecule has 1 aromatic heterocycles. The number of pyridine rings is 1. The van der Waals surface area contributed by atoms with E-state index in [9.17, 15) is 29.5 Å². The van der Waals surface area contributed by atoms with Crippen LogP contribution in [0.4, 0.5) is 0 Å². The van der Waals surface area contributed by atoms with Crippen LogP contribution in [0.15, 0.2) is 24.5 Å². The number of aromatic nitrogens is 1. The predicted molar refractivity (Wildman–Crippen MR) is 87.6 cm³/mol. The quantitative estimate of drug-likeness (QED) is 0.156. The standard InChI is InChI=1S/C11H14NO9P.C3H7NO3/c13-8-7(5-20-22(17,18)19)21-10(9(8)14)12-3-1-2-6(4-12)11(15)16;4-2(1-5)3(6)7/h1-4,7-10,13-14H,5H2,(H2-,15,16,17,18,19);2,5H,1,4H2,(H,6,7)/t7-,8-,9-,10-;/m1./s1. The summed E-state index contributed by atoms with van der Waals surface area (Å²) >= 11 is 0. The molecule has 0 bridgehead atoms. The van der Waals surface area contributed by atoms with Crippen molar-refractivity contribution >= 4 is 19.8 Å². The molecule has 164 valence electrons. The van der Waals surface area contributed by atoms with Crippen molar-refractivity contribution in [2.75, 3.05) is 13.2 Å². The minimum atomic E-state index is -4.74. The Hall–Kier alpha value is -2.00. The van der Waals surface area contributed by atoms with Gasteiger partial charge in [0.05, 0.1) is 24.7 Å². The number of aliphatic hydroxyl groups excluding tert-OH is 3. The number of phosphoric acid groups is 1. The Morgan fingerprint density at radius 2 is 1.97 bits per heavy atom. The van der Waals surface area contributed by atoms with Gasteiger partial charge >= 0.3 is 13.8 Å². The first-order chi connectivity index (χ1) is 13.4. The summed E-state index contributed by atoms with van der Waals surface area (Å²) < 4.78 is 21.4. The molecule has 0 amide bonds. The summed E-state index contributed by atoms with van der Waals surface area (Å²) in [6, 6.07) is 1.53. The monoisotopic (exact) mass is 440 g/mol. The average Bonchev–Trinajstić information content (AvgIpc) is 2.94. The second kappa shape index (κ2) is 10.7. The molecule has 0 radical (unpaired) electrons. The second-order valence-electron chi connectivity index (χ2n) is 5.79. The lowest BCUT2D eigenvalue weighted by Gasteiger charge is -2.13. The maximum absolute atomic E-state index is 10.8. The van der Waals surface area contributed by atoms with Crippen molar-refractivity contribution < 1.29 is 63.3 Å². The third kappa shape index (κ3) is 7.74. The fourth-order valence-electron chi connectivity index (χ4n) is 2.13. The van der Waals surface area contributed by atoms with Gasteiger partial charge in [0.2, 0.25) is 0 Å². The van der Waals surface area contributed by atoms with Crippen LogP contribution in [-0.2, 0) is 18.6 Å². The lowest BCUT2D eigenvalue weighted by atomic mass is 10.1. The Morgan fingerprint density at radius 3 is 2.41 bits per heavy atom. The Labute approximate surface area is 163 Å². The van der Waals surface area contributed by atoms with E-state index in [2.05, 4.69) is 4.52 Å². The minimum Gasteiger partial charge on any atom is -0.545 e. The number of hydrogen-bond acceptors (Lipinski definition) is 10. The Bertz CT molecular complexity index is 756. The highest BCUT2D eigenvalue weighted by Gasteiger charge is 2.48. The maximum atomic E-state index is 10.8. The first-order valence-electron chi connectivity index (χ1n) is 7.90. The number of carboxylic acid groups (broad SMARTS) is 2. The first-order valence-corrected chi connectivity index (χ1v) is 9.43. The van der Waals surface area contributed by atoms with Crippen LogP contribution in [0.1, 0.15) is 16.6 Å². The third-order valence-electron chi connectivity index (χ3n) is 3.61. The van der Waals surface area contributed by atoms with Crippen molar-refractivity contribution in [1.82, 2.24) is 0 Å². The number of aliphatic carboxylic acids is 1. The average molecular weight is 440 g/mol. The smallest absolute Gasteiger partial charge is 0.469 e. The van der Waals surface area contributed by atoms with Crippen LogP contribution < -0.4 is 15.4 Å². The van der Waals surface area contributed by atoms with Crippen LogP contribution >= 0.6 is 7.82 Å². The molecule has 8 N–H and O–H groups in total. The number of ether oxygens (including phenoxy) is 1. The van der Waals surface area contributed by atoms with Gasteiger partial charge in [0.25, 0.3) is 6.23 Å². The summed E-state index contributed by atoms with van der Waals surface area (Å²) in [5, 5.41) is 46.4. The Kier molecular flexibility index (Phi) is 9.22. The molecular formula is C14H21N2O12P. The number of hydrogen-bond donors (Lipinski definition) is 7. The molecular weight excluding hydrogens is 419 g/mol. The van der Waals surface area contributed by atoms with E-state index in [1.165, 1.54) is 22.9 Å². The number of rotatable bonds is 7. The Balaban J connectivity index is 0.000000516. The highest BCUT2D eigenvalue weighted by molar-refractivity contribution is 7.46. The van der Waals surface area contributed by atoms with Gasteiger partial charge in [-0.3, -0.25) is 9.32 Å². The van der Waals surface area contributed by atoms with Crippen molar-refractivity contribution in [3.05, 3.63) is 30.1 Å². The molecule has 1 aromatic rings. The van der Waals surface area contributed by atoms with Crippen LogP contribution in [0.2, 0.25) is 0 Å². The minimum absolute atomic E-state index is 0.164. The molecule has 0 saturated carbocycles. The summed E-state index contributed by atoms with van der Waals surface area (Å²) in [7, 11) is -4.74. The number of nitrogens with two attached hydrogens (primary N) is 1. The van der Waals surface area contributed by atoms with Gasteiger partial charge in [0, 0.05) is 6.07 Å². The van der Waals surface area contributed by atoms with Crippen LogP contribution in [0.5, 0.6) is 0 Å². The van der Waals surface area contributed by atoms with Gasteiger partial charge in [-0.05, 0) is 6.07 Å². The van der Waals surface area contributed by atoms with E-state index in [4.69, 9.17) is 30.5 Å². The largest absolute Gasteiger partial charge is 0.545 e. The molecule has 1 unspecified atom stereocenters. The molecule has 0 aliphatic carbocycles. The van der Waals surface area contributed by atoms with Crippen molar-refractivity contribution in [3.63, 3.8) is 0 Å². The summed E-state index contributed by atoms with van der Waals surface area (Å²) in [6.07, 6.45) is -2.68. The second-order valence-corrected chi connectivity index (χ2v) is 7.03. The highest BCUT2D eigenvalue weighted by atomic mass is 31.2. The molecule has 5 atom stereocenters. The Morgan fingerprint density at radius 1 is 1.34 bits per heavy atom. The topological polar surface area (TPSA) is 244 Å². The van der Waals surface area contributed by atoms with Crippen molar-refractivity contribution in [2.24, 2.45) is 5.73 Å². The van der Waals surface area contributed by atoms with Crippen LogP contribution in [-0.4, -0.2) is 79.7 Å². The van der Waals surface area contributed by atoms with E-state index >= 15 is 0 Å². The molecule has 0 spiro atoms. The van der Waals surface area contributed by atoms with Crippen molar-refractivity contribution in [2.45, 2.75) is 30.6 Å². The van der Waals surface area contributed by atoms with Crippen LogP contribution in [0, 0.1) is 0 Å². The fourth-order valence-corrected chi connectivity index (χ4v) is 2.47. The molecule has 1 aliphatic rings. The van der Waals surface area contributed by atoms with E-state index in [0.717, 1.165) is 6.20 Å². The van der Waals surface area contributed by atoms with Gasteiger partial charge in [0.1, 0.15) is 18.2 Å². The highest BCUT2D eigenvalue weighted by Crippen LogP contribution is 2.37. The first kappa shape index (κ1) is 25.0. The van der Waals surface area contributed by atoms with E-state index in [1.54, 1.807) is 0 Å². The third-order valence-corrected chi connectivity index (χ3v) is 4.10. The summed E-state index contributed by atoms with van der Waals surface area (Å²) in [5.41, 5.74) is 4.60. The lowest BCUT2D eigenvalue weighted by molar-refractivity contribution is -0.765. The molecule has 2 rings (SSSR count). The molecule has 1 fully saturated rings. The number of nitrogens with zero attached hydrogens (tertiary/aromatic N) is 1. The van der Waals surface area contributed by atoms with Crippen molar-refractivity contribution in [3.8, 4) is 0 Å². The zero-order valence-electron chi connectivity index (χ0n) is 14.7. The summed E-state index contributed by atoms with van der Waals surface area (Å²) in [6.45, 7) is -1.14.